The molecule has 2 aromatic heterocycles. The summed E-state index contributed by atoms with van der Waals surface area (Å²) in [5.74, 6) is 0.489. The first-order valence-electron chi connectivity index (χ1n) is 12.2. The van der Waals surface area contributed by atoms with Gasteiger partial charge in [0.2, 0.25) is 5.91 Å². The number of thiophene rings is 1. The molecule has 0 radical (unpaired) electrons. The number of rotatable bonds is 9. The summed E-state index contributed by atoms with van der Waals surface area (Å²) in [5, 5.41) is 13.2. The van der Waals surface area contributed by atoms with Crippen LogP contribution >= 0.6 is 22.9 Å². The number of benzene rings is 1. The number of aromatic nitrogens is 3. The van der Waals surface area contributed by atoms with Crippen molar-refractivity contribution in [3.8, 4) is 5.00 Å². The molecule has 196 valence electrons. The predicted octanol–water partition coefficient (Wildman–Crippen LogP) is 3.98. The number of fused-ring (bicyclic) bond motifs is 3. The third-order valence-electron chi connectivity index (χ3n) is 6.50. The van der Waals surface area contributed by atoms with Gasteiger partial charge in [-0.05, 0) is 64.3 Å². The predicted molar refractivity (Wildman–Crippen MR) is 145 cm³/mol. The van der Waals surface area contributed by atoms with Gasteiger partial charge in [-0.2, -0.15) is 0 Å². The fourth-order valence-electron chi connectivity index (χ4n) is 4.45. The molecule has 3 heterocycles. The van der Waals surface area contributed by atoms with Gasteiger partial charge < -0.3 is 15.8 Å². The maximum Gasteiger partial charge on any atom is 0.328 e. The van der Waals surface area contributed by atoms with Crippen LogP contribution in [0.1, 0.15) is 64.9 Å². The van der Waals surface area contributed by atoms with Crippen LogP contribution < -0.4 is 11.1 Å². The molecule has 4 rings (SSSR count). The van der Waals surface area contributed by atoms with Gasteiger partial charge in [0, 0.05) is 21.0 Å². The highest BCUT2D eigenvalue weighted by Gasteiger charge is 2.33. The number of amides is 1. The van der Waals surface area contributed by atoms with E-state index >= 15 is 0 Å². The van der Waals surface area contributed by atoms with Crippen molar-refractivity contribution in [1.82, 2.24) is 20.1 Å². The number of carbonyl (C=O) groups excluding carboxylic acids is 2. The van der Waals surface area contributed by atoms with Crippen LogP contribution in [0.5, 0.6) is 0 Å². The minimum absolute atomic E-state index is 0.00736. The first-order chi connectivity index (χ1) is 17.7. The fourth-order valence-corrected chi connectivity index (χ4v) is 5.79. The van der Waals surface area contributed by atoms with E-state index in [0.717, 1.165) is 33.8 Å². The van der Waals surface area contributed by atoms with Crippen molar-refractivity contribution in [2.45, 2.75) is 58.5 Å². The minimum Gasteiger partial charge on any atom is -0.467 e. The molecule has 0 fully saturated rings. The summed E-state index contributed by atoms with van der Waals surface area (Å²) < 4.78 is 6.90. The van der Waals surface area contributed by atoms with Gasteiger partial charge in [-0.25, -0.2) is 4.79 Å². The fraction of sp³-hybridized carbons (Fsp3) is 0.423. The number of esters is 1. The highest BCUT2D eigenvalue weighted by Crippen LogP contribution is 2.39. The van der Waals surface area contributed by atoms with E-state index in [1.165, 1.54) is 12.0 Å². The smallest absolute Gasteiger partial charge is 0.328 e. The summed E-state index contributed by atoms with van der Waals surface area (Å²) >= 11 is 7.81. The van der Waals surface area contributed by atoms with Crippen LogP contribution in [-0.2, 0) is 14.3 Å². The van der Waals surface area contributed by atoms with Crippen molar-refractivity contribution in [2.75, 3.05) is 13.7 Å². The molecule has 2 atom stereocenters. The molecule has 1 amide bonds. The van der Waals surface area contributed by atoms with Crippen LogP contribution in [0.25, 0.3) is 5.00 Å². The van der Waals surface area contributed by atoms with E-state index in [1.54, 1.807) is 11.3 Å². The van der Waals surface area contributed by atoms with Crippen molar-refractivity contribution in [1.29, 1.82) is 0 Å². The molecule has 0 spiro atoms. The normalized spacial score (nSPS) is 15.3. The van der Waals surface area contributed by atoms with Gasteiger partial charge in [-0.1, -0.05) is 23.7 Å². The number of hydrogen-bond donors (Lipinski definition) is 2. The zero-order valence-corrected chi connectivity index (χ0v) is 22.9. The van der Waals surface area contributed by atoms with E-state index in [2.05, 4.69) is 29.4 Å². The second-order valence-electron chi connectivity index (χ2n) is 9.04. The topological polar surface area (TPSA) is 124 Å². The summed E-state index contributed by atoms with van der Waals surface area (Å²) in [6.45, 7) is 6.56. The number of nitrogens with two attached hydrogens (primary N) is 1. The van der Waals surface area contributed by atoms with E-state index in [0.29, 0.717) is 36.1 Å². The molecule has 1 aliphatic rings. The number of methoxy groups -OCH3 is 1. The van der Waals surface area contributed by atoms with Gasteiger partial charge in [0.15, 0.2) is 5.82 Å². The van der Waals surface area contributed by atoms with Crippen LogP contribution in [0, 0.1) is 20.8 Å². The SMILES string of the molecule is COC(=O)[C@H](CCCCN)NC(=O)C[C@@H]1N=C(c2ccc(Cl)cc2)c2c(sc(C)c2C)-n2c(C)nnc21. The molecular formula is C26H31ClN6O3S. The summed E-state index contributed by atoms with van der Waals surface area (Å²) in [5.41, 5.74) is 9.35. The van der Waals surface area contributed by atoms with Gasteiger partial charge in [0.05, 0.1) is 19.2 Å². The van der Waals surface area contributed by atoms with Crippen LogP contribution in [0.15, 0.2) is 29.3 Å². The number of aryl methyl sites for hydroxylation is 2. The average molecular weight is 543 g/mol. The Labute approximate surface area is 225 Å². The van der Waals surface area contributed by atoms with E-state index in [4.69, 9.17) is 27.1 Å². The number of hydrogen-bond acceptors (Lipinski definition) is 8. The lowest BCUT2D eigenvalue weighted by atomic mass is 9.99. The number of aliphatic imine (C=N–C) groups is 1. The minimum atomic E-state index is -0.749. The number of nitrogens with one attached hydrogen (secondary N) is 1. The third kappa shape index (κ3) is 5.61. The molecule has 9 nitrogen and oxygen atoms in total. The van der Waals surface area contributed by atoms with Crippen LogP contribution in [-0.4, -0.2) is 52.0 Å². The standard InChI is InChI=1S/C26H31ClN6O3S/c1-14-15(2)37-25-22(14)23(17-8-10-18(27)11-9-17)30-20(24-32-31-16(3)33(24)25)13-21(34)29-19(26(35)36-4)7-5-6-12-28/h8-11,19-20H,5-7,12-13,28H2,1-4H3,(H,29,34)/t19-,20-/m0/s1. The van der Waals surface area contributed by atoms with Crippen LogP contribution in [0.4, 0.5) is 0 Å². The first-order valence-corrected chi connectivity index (χ1v) is 13.4. The Morgan fingerprint density at radius 3 is 2.59 bits per heavy atom. The molecule has 0 saturated carbocycles. The summed E-state index contributed by atoms with van der Waals surface area (Å²) in [4.78, 5) is 31.8. The molecule has 3 N–H and O–H groups in total. The van der Waals surface area contributed by atoms with Crippen molar-refractivity contribution in [3.05, 3.63) is 62.5 Å². The summed E-state index contributed by atoms with van der Waals surface area (Å²) in [7, 11) is 1.31. The van der Waals surface area contributed by atoms with Crippen LogP contribution in [0.3, 0.4) is 0 Å². The van der Waals surface area contributed by atoms with E-state index in [9.17, 15) is 9.59 Å². The molecule has 0 bridgehead atoms. The number of halogens is 1. The van der Waals surface area contributed by atoms with Crippen molar-refractivity contribution < 1.29 is 14.3 Å². The molecule has 37 heavy (non-hydrogen) atoms. The maximum atomic E-state index is 13.2. The molecule has 11 heteroatoms. The summed E-state index contributed by atoms with van der Waals surface area (Å²) in [6, 6.07) is 6.15. The van der Waals surface area contributed by atoms with E-state index in [1.807, 2.05) is 35.8 Å². The molecule has 0 aliphatic carbocycles. The second kappa shape index (κ2) is 11.5. The molecule has 1 aromatic carbocycles. The Morgan fingerprint density at radius 2 is 1.92 bits per heavy atom. The lowest BCUT2D eigenvalue weighted by Gasteiger charge is -2.18. The van der Waals surface area contributed by atoms with Crippen molar-refractivity contribution in [2.24, 2.45) is 10.7 Å². The van der Waals surface area contributed by atoms with Gasteiger partial charge in [-0.3, -0.25) is 14.4 Å². The Bertz CT molecular complexity index is 1330. The highest BCUT2D eigenvalue weighted by molar-refractivity contribution is 7.15. The zero-order chi connectivity index (χ0) is 26.7. The number of nitrogens with zero attached hydrogens (tertiary/aromatic N) is 4. The largest absolute Gasteiger partial charge is 0.467 e. The molecule has 0 unspecified atom stereocenters. The molecule has 3 aromatic rings. The van der Waals surface area contributed by atoms with Gasteiger partial charge in [-0.15, -0.1) is 21.5 Å². The van der Waals surface area contributed by atoms with Crippen molar-refractivity contribution in [3.63, 3.8) is 0 Å². The lowest BCUT2D eigenvalue weighted by Crippen LogP contribution is -2.42. The highest BCUT2D eigenvalue weighted by atomic mass is 35.5. The second-order valence-corrected chi connectivity index (χ2v) is 10.7. The number of unbranched alkanes of at least 4 members (excludes halogenated alkanes) is 1. The van der Waals surface area contributed by atoms with Crippen molar-refractivity contribution >= 4 is 40.5 Å². The molecule has 0 saturated heterocycles. The van der Waals surface area contributed by atoms with Crippen LogP contribution in [0.2, 0.25) is 5.02 Å². The summed E-state index contributed by atoms with van der Waals surface area (Å²) in [6.07, 6.45) is 1.90. The number of carbonyl (C=O) groups is 2. The number of ether oxygens (including phenoxy) is 1. The Hall–Kier alpha value is -3.08. The average Bonchev–Trinajstić information content (AvgIpc) is 3.35. The van der Waals surface area contributed by atoms with Gasteiger partial charge in [0.25, 0.3) is 0 Å². The Morgan fingerprint density at radius 1 is 1.19 bits per heavy atom. The lowest BCUT2D eigenvalue weighted by molar-refractivity contribution is -0.145. The van der Waals surface area contributed by atoms with E-state index in [-0.39, 0.29) is 12.3 Å². The zero-order valence-electron chi connectivity index (χ0n) is 21.4. The van der Waals surface area contributed by atoms with Gasteiger partial charge >= 0.3 is 5.97 Å². The van der Waals surface area contributed by atoms with E-state index < -0.39 is 18.1 Å². The maximum absolute atomic E-state index is 13.2. The monoisotopic (exact) mass is 542 g/mol. The molecular weight excluding hydrogens is 512 g/mol. The van der Waals surface area contributed by atoms with Gasteiger partial charge in [0.1, 0.15) is 22.9 Å². The Balaban J connectivity index is 1.74. The first kappa shape index (κ1) is 27.0. The Kier molecular flexibility index (Phi) is 8.41. The molecule has 1 aliphatic heterocycles. The third-order valence-corrected chi connectivity index (χ3v) is 7.95. The quantitative estimate of drug-likeness (QED) is 0.311.